The molecule has 4 N–H and O–H groups in total. The van der Waals surface area contributed by atoms with Crippen LogP contribution in [0.1, 0.15) is 22.8 Å². The number of H-pyrrole nitrogens is 4. The average Bonchev–Trinajstić information content (AvgIpc) is 1.57. The van der Waals surface area contributed by atoms with Gasteiger partial charge in [0.15, 0.2) is 23.0 Å². The van der Waals surface area contributed by atoms with Gasteiger partial charge in [0.05, 0.1) is 97.7 Å². The maximum Gasteiger partial charge on any atom is 0.163 e. The minimum atomic E-state index is 0.169. The van der Waals surface area contributed by atoms with E-state index in [0.29, 0.717) is 90.6 Å². The van der Waals surface area contributed by atoms with E-state index in [9.17, 15) is 0 Å². The van der Waals surface area contributed by atoms with Crippen molar-refractivity contribution >= 4 is 90.5 Å². The van der Waals surface area contributed by atoms with Crippen LogP contribution < -0.4 is 18.9 Å². The van der Waals surface area contributed by atoms with Crippen molar-refractivity contribution in [2.45, 2.75) is 0 Å². The third-order valence-electron chi connectivity index (χ3n) is 24.1. The molecule has 20 heteroatoms. The first kappa shape index (κ1) is 80.2. The molecule has 640 valence electrons. The van der Waals surface area contributed by atoms with Gasteiger partial charge in [0.25, 0.3) is 0 Å². The Hall–Kier alpha value is -16.4. The van der Waals surface area contributed by atoms with Gasteiger partial charge in [-0.1, -0.05) is 243 Å². The molecule has 5 aliphatic rings. The summed E-state index contributed by atoms with van der Waals surface area (Å²) in [5.41, 5.74) is 32.0. The Morgan fingerprint density at radius 1 is 0.167 bits per heavy atom. The van der Waals surface area contributed by atoms with Crippen LogP contribution in [-0.2, 0) is 18.9 Å². The number of nitrogens with one attached hydrogen (secondary N) is 4. The number of aromatic amines is 4. The Morgan fingerprint density at radius 3 is 0.538 bits per heavy atom. The summed E-state index contributed by atoms with van der Waals surface area (Å²) in [5, 5.41) is 0. The van der Waals surface area contributed by atoms with Crippen molar-refractivity contribution < 1.29 is 37.9 Å². The minimum Gasteiger partial charge on any atom is -0.487 e. The van der Waals surface area contributed by atoms with Gasteiger partial charge < -0.3 is 57.8 Å². The molecule has 5 aliphatic heterocycles. The van der Waals surface area contributed by atoms with Crippen molar-refractivity contribution in [2.24, 2.45) is 0 Å². The molecule has 0 saturated carbocycles. The van der Waals surface area contributed by atoms with Crippen molar-refractivity contribution in [1.29, 1.82) is 0 Å². The Labute approximate surface area is 758 Å². The predicted molar refractivity (Wildman–Crippen MR) is 524 cm³/mol. The molecule has 0 atom stereocenters. The molecule has 0 unspecified atom stereocenters. The van der Waals surface area contributed by atoms with Crippen molar-refractivity contribution in [3.63, 3.8) is 0 Å². The fourth-order valence-electron chi connectivity index (χ4n) is 18.2. The maximum atomic E-state index is 6.69. The molecular formula is C112H84N12O8. The lowest BCUT2D eigenvalue weighted by molar-refractivity contribution is 0.0224. The fraction of sp³-hybridized carbons (Fsp3) is 0.107. The van der Waals surface area contributed by atoms with Crippen LogP contribution in [0.3, 0.4) is 0 Å². The lowest BCUT2D eigenvalue weighted by Crippen LogP contribution is -2.15. The molecule has 132 heavy (non-hydrogen) atoms. The number of fused-ring (bicyclic) bond motifs is 26. The lowest BCUT2D eigenvalue weighted by Gasteiger charge is -2.16. The smallest absolute Gasteiger partial charge is 0.163 e. The normalized spacial score (nSPS) is 13.8. The summed E-state index contributed by atoms with van der Waals surface area (Å²) in [6, 6.07) is 108. The third-order valence-corrected chi connectivity index (χ3v) is 24.1. The van der Waals surface area contributed by atoms with E-state index in [-0.39, 0.29) is 79.3 Å². The van der Waals surface area contributed by atoms with Crippen LogP contribution in [0, 0.1) is 0 Å². The molecule has 0 amide bonds. The molecule has 16 bridgehead atoms. The van der Waals surface area contributed by atoms with E-state index < -0.39 is 0 Å². The highest BCUT2D eigenvalue weighted by Crippen LogP contribution is 2.51. The standard InChI is InChI=1S/C112H84N12O8/c1-9-25-69(26-10-1)97-77-41-42-78(113-77)98(70-27-11-2-12-28-70)82-46-50-86(116-82)102(74-35-19-6-20-36-74)106-110-109(105(123-106)101(73-33-17-5-18-34-73)85-49-45-81(97)115-85)119-89-65-93-94(66-90(89)120-110)130-62-58-126-55-56-128-60-64-132-96-68-92-91(67-95(96)131-63-59-127-54-53-125-57-61-129-93)121-111-107-103(75-37-21-7-22-38-75)87-51-47-83(117-87)99(71-29-13-3-14-30-71)79-43-44-80(114-79)100(72-31-15-4-16-32-72)84-48-52-88(118-84)104(76-39-23-8-24-40-76)108(124-107)112(111)122-92/h1-52,65-68,115-118H,53-64H2. The molecule has 8 aromatic heterocycles. The van der Waals surface area contributed by atoms with Crippen molar-refractivity contribution in [3.05, 3.63) is 338 Å². The number of ether oxygens (including phenoxy) is 8. The number of nitrogens with zero attached hydrogens (tertiary/aromatic N) is 8. The number of hydrogen-bond acceptors (Lipinski definition) is 16. The zero-order valence-corrected chi connectivity index (χ0v) is 71.7. The van der Waals surface area contributed by atoms with E-state index in [2.05, 4.69) is 238 Å². The van der Waals surface area contributed by atoms with E-state index >= 15 is 0 Å². The zero-order valence-electron chi connectivity index (χ0n) is 71.7. The van der Waals surface area contributed by atoms with Crippen LogP contribution >= 0.6 is 0 Å². The van der Waals surface area contributed by atoms with E-state index in [1.807, 2.05) is 121 Å². The summed E-state index contributed by atoms with van der Waals surface area (Å²) in [7, 11) is 0. The van der Waals surface area contributed by atoms with Crippen LogP contribution in [0.15, 0.2) is 315 Å². The average molecular weight is 1730 g/mol. The van der Waals surface area contributed by atoms with E-state index in [4.69, 9.17) is 77.8 Å². The molecule has 0 aliphatic carbocycles. The molecule has 13 heterocycles. The molecule has 20 nitrogen and oxygen atoms in total. The Bertz CT molecular complexity index is 6970. The third kappa shape index (κ3) is 15.6. The largest absolute Gasteiger partial charge is 0.487 e. The summed E-state index contributed by atoms with van der Waals surface area (Å²) >= 11 is 0. The SMILES string of the molecule is C1=Cc2nc1c(-c1ccccc1)c1ccc([nH]1)c(-c1ccccc1)c1nc(c(-c3ccccc3)c3ccc([nH]3)c2-c2ccccc2)-c2nc3cc4c(cc3nc2-1)OCCOCCOCCOc1cc2nc3c(nc2cc1OCCOCCOCCO4)-c1nc-3c(-c2ccccc2)c2ccc([nH]2)c(-c2ccccc2)c2nc(c(-c3ccccc3)c3ccc([nH]3)c1-c1ccccc1)C=C2. The minimum absolute atomic E-state index is 0.169. The molecule has 0 radical (unpaired) electrons. The molecule has 0 saturated heterocycles. The summed E-state index contributed by atoms with van der Waals surface area (Å²) < 4.78 is 51.7. The fourth-order valence-corrected chi connectivity index (χ4v) is 18.2. The summed E-state index contributed by atoms with van der Waals surface area (Å²) in [5.74, 6) is 1.80. The van der Waals surface area contributed by atoms with Crippen LogP contribution in [0.25, 0.3) is 225 Å². The summed E-state index contributed by atoms with van der Waals surface area (Å²) in [6.45, 7) is 2.70. The molecule has 18 aromatic rings. The second-order valence-corrected chi connectivity index (χ2v) is 32.4. The van der Waals surface area contributed by atoms with Crippen LogP contribution in [0.2, 0.25) is 0 Å². The number of rotatable bonds is 8. The summed E-state index contributed by atoms with van der Waals surface area (Å²) in [4.78, 5) is 60.9. The van der Waals surface area contributed by atoms with Crippen molar-refractivity contribution in [1.82, 2.24) is 59.8 Å². The molecular weight excluding hydrogens is 1640 g/mol. The van der Waals surface area contributed by atoms with Gasteiger partial charge in [0, 0.05) is 113 Å². The Morgan fingerprint density at radius 2 is 0.341 bits per heavy atom. The highest BCUT2D eigenvalue weighted by Gasteiger charge is 2.33. The second-order valence-electron chi connectivity index (χ2n) is 32.4. The number of hydrogen-bond donors (Lipinski definition) is 4. The van der Waals surface area contributed by atoms with Gasteiger partial charge in [0.1, 0.15) is 72.0 Å². The first-order valence-electron chi connectivity index (χ1n) is 44.4. The summed E-state index contributed by atoms with van der Waals surface area (Å²) in [6.07, 6.45) is 8.47. The number of benzene rings is 10. The maximum absolute atomic E-state index is 6.69. The van der Waals surface area contributed by atoms with Crippen LogP contribution in [0.4, 0.5) is 0 Å². The van der Waals surface area contributed by atoms with Crippen LogP contribution in [0.5, 0.6) is 23.0 Å². The second kappa shape index (κ2) is 35.7. The highest BCUT2D eigenvalue weighted by atomic mass is 16.6. The predicted octanol–water partition coefficient (Wildman–Crippen LogP) is 24.5. The topological polar surface area (TPSA) is 240 Å². The van der Waals surface area contributed by atoms with Gasteiger partial charge in [-0.3, -0.25) is 0 Å². The number of aromatic nitrogens is 12. The Kier molecular flexibility index (Phi) is 21.7. The first-order chi connectivity index (χ1) is 65.5. The van der Waals surface area contributed by atoms with E-state index in [0.717, 1.165) is 156 Å². The molecule has 10 aromatic carbocycles. The van der Waals surface area contributed by atoms with Gasteiger partial charge in [-0.2, -0.15) is 0 Å². The van der Waals surface area contributed by atoms with Gasteiger partial charge in [-0.15, -0.1) is 0 Å². The Balaban J connectivity index is 0.579. The molecule has 0 fully saturated rings. The quantitative estimate of drug-likeness (QED) is 0.111. The lowest BCUT2D eigenvalue weighted by atomic mass is 10.00. The zero-order chi connectivity index (χ0) is 87.6. The van der Waals surface area contributed by atoms with Gasteiger partial charge in [0.2, 0.25) is 0 Å². The van der Waals surface area contributed by atoms with E-state index in [1.54, 1.807) is 0 Å². The van der Waals surface area contributed by atoms with Gasteiger partial charge >= 0.3 is 0 Å². The molecule has 23 rings (SSSR count). The van der Waals surface area contributed by atoms with Crippen LogP contribution in [-0.4, -0.2) is 139 Å². The van der Waals surface area contributed by atoms with E-state index in [1.165, 1.54) is 0 Å². The molecule has 0 spiro atoms. The first-order valence-corrected chi connectivity index (χ1v) is 44.4. The van der Waals surface area contributed by atoms with Gasteiger partial charge in [-0.25, -0.2) is 39.9 Å². The van der Waals surface area contributed by atoms with Crippen molar-refractivity contribution in [3.8, 4) is 158 Å². The van der Waals surface area contributed by atoms with Crippen molar-refractivity contribution in [2.75, 3.05) is 79.3 Å². The monoisotopic (exact) mass is 1720 g/mol. The van der Waals surface area contributed by atoms with Gasteiger partial charge in [-0.05, 0) is 117 Å². The highest BCUT2D eigenvalue weighted by molar-refractivity contribution is 6.08.